The molecule has 0 radical (unpaired) electrons. The molecule has 218 valence electrons. The number of nitrogens with one attached hydrogen (secondary N) is 1. The van der Waals surface area contributed by atoms with Gasteiger partial charge in [0.05, 0.1) is 11.9 Å². The van der Waals surface area contributed by atoms with Crippen molar-refractivity contribution in [1.29, 1.82) is 0 Å². The van der Waals surface area contributed by atoms with Gasteiger partial charge in [0.2, 0.25) is 21.8 Å². The van der Waals surface area contributed by atoms with E-state index in [9.17, 15) is 18.0 Å². The molecule has 1 N–H and O–H groups in total. The molecule has 0 heterocycles. The minimum absolute atomic E-state index is 0.118. The Bertz CT molecular complexity index is 1370. The van der Waals surface area contributed by atoms with Gasteiger partial charge >= 0.3 is 0 Å². The molecule has 1 atom stereocenters. The molecule has 2 amide bonds. The number of sulfonamides is 1. The van der Waals surface area contributed by atoms with Crippen LogP contribution < -0.4 is 9.62 Å². The standard InChI is InChI=1S/C33H41N3O4S/c1-26-19-21-30(22-20-26)36(41(2,39)40)23-11-18-32(37)35(25-28-14-7-4-8-15-28)31(24-27-12-5-3-6-13-27)33(38)34-29-16-9-10-17-29/h3-8,12-15,19-22,29,31H,9-11,16-18,23-25H2,1-2H3,(H,34,38)/t31-/m1/s1. The zero-order chi connectivity index (χ0) is 29.2. The van der Waals surface area contributed by atoms with Crippen LogP contribution in [-0.2, 0) is 32.6 Å². The first-order chi connectivity index (χ1) is 19.7. The second-order valence-electron chi connectivity index (χ2n) is 11.0. The van der Waals surface area contributed by atoms with E-state index >= 15 is 0 Å². The second kappa shape index (κ2) is 14.3. The lowest BCUT2D eigenvalue weighted by Gasteiger charge is -2.33. The van der Waals surface area contributed by atoms with Crippen molar-refractivity contribution in [1.82, 2.24) is 10.2 Å². The summed E-state index contributed by atoms with van der Waals surface area (Å²) >= 11 is 0. The maximum absolute atomic E-state index is 13.9. The quantitative estimate of drug-likeness (QED) is 0.302. The highest BCUT2D eigenvalue weighted by Crippen LogP contribution is 2.22. The van der Waals surface area contributed by atoms with E-state index in [2.05, 4.69) is 5.32 Å². The predicted octanol–water partition coefficient (Wildman–Crippen LogP) is 5.24. The zero-order valence-electron chi connectivity index (χ0n) is 24.0. The average Bonchev–Trinajstić information content (AvgIpc) is 3.47. The van der Waals surface area contributed by atoms with Crippen LogP contribution in [0.15, 0.2) is 84.9 Å². The number of anilines is 1. The molecule has 4 rings (SSSR count). The Morgan fingerprint density at radius 3 is 2.05 bits per heavy atom. The van der Waals surface area contributed by atoms with Gasteiger partial charge in [-0.2, -0.15) is 0 Å². The van der Waals surface area contributed by atoms with Crippen molar-refractivity contribution in [3.05, 3.63) is 102 Å². The van der Waals surface area contributed by atoms with Crippen LogP contribution in [0.4, 0.5) is 5.69 Å². The maximum Gasteiger partial charge on any atom is 0.243 e. The van der Waals surface area contributed by atoms with E-state index in [4.69, 9.17) is 0 Å². The fourth-order valence-corrected chi connectivity index (χ4v) is 6.38. The van der Waals surface area contributed by atoms with Gasteiger partial charge in [-0.1, -0.05) is 91.2 Å². The van der Waals surface area contributed by atoms with Gasteiger partial charge in [-0.15, -0.1) is 0 Å². The fourth-order valence-electron chi connectivity index (χ4n) is 5.42. The molecule has 0 saturated heterocycles. The average molecular weight is 576 g/mol. The summed E-state index contributed by atoms with van der Waals surface area (Å²) in [5, 5.41) is 3.22. The van der Waals surface area contributed by atoms with Crippen molar-refractivity contribution >= 4 is 27.5 Å². The third-order valence-electron chi connectivity index (χ3n) is 7.64. The van der Waals surface area contributed by atoms with Crippen LogP contribution in [0.25, 0.3) is 0 Å². The van der Waals surface area contributed by atoms with Gasteiger partial charge in [-0.05, 0) is 49.4 Å². The Balaban J connectivity index is 1.56. The van der Waals surface area contributed by atoms with Crippen LogP contribution >= 0.6 is 0 Å². The third kappa shape index (κ3) is 8.92. The minimum Gasteiger partial charge on any atom is -0.352 e. The third-order valence-corrected chi connectivity index (χ3v) is 8.84. The van der Waals surface area contributed by atoms with Gasteiger partial charge in [0.1, 0.15) is 6.04 Å². The molecule has 0 spiro atoms. The van der Waals surface area contributed by atoms with E-state index < -0.39 is 16.1 Å². The largest absolute Gasteiger partial charge is 0.352 e. The van der Waals surface area contributed by atoms with E-state index in [1.54, 1.807) is 17.0 Å². The van der Waals surface area contributed by atoms with E-state index in [0.29, 0.717) is 25.1 Å². The Morgan fingerprint density at radius 1 is 0.878 bits per heavy atom. The number of carbonyl (C=O) groups is 2. The molecular formula is C33H41N3O4S. The summed E-state index contributed by atoms with van der Waals surface area (Å²) < 4.78 is 26.6. The van der Waals surface area contributed by atoms with Crippen molar-refractivity contribution in [2.24, 2.45) is 0 Å². The van der Waals surface area contributed by atoms with Crippen LogP contribution in [0.2, 0.25) is 0 Å². The van der Waals surface area contributed by atoms with Crippen molar-refractivity contribution in [3.63, 3.8) is 0 Å². The summed E-state index contributed by atoms with van der Waals surface area (Å²) in [6.45, 7) is 2.41. The number of rotatable bonds is 13. The van der Waals surface area contributed by atoms with Gasteiger partial charge in [0.15, 0.2) is 0 Å². The Kier molecular flexibility index (Phi) is 10.6. The topological polar surface area (TPSA) is 86.8 Å². The highest BCUT2D eigenvalue weighted by molar-refractivity contribution is 7.92. The van der Waals surface area contributed by atoms with Gasteiger partial charge in [0.25, 0.3) is 0 Å². The second-order valence-corrected chi connectivity index (χ2v) is 12.9. The van der Waals surface area contributed by atoms with Gasteiger partial charge < -0.3 is 10.2 Å². The van der Waals surface area contributed by atoms with Crippen molar-refractivity contribution in [3.8, 4) is 0 Å². The van der Waals surface area contributed by atoms with Crippen molar-refractivity contribution in [2.45, 2.75) is 70.5 Å². The molecule has 7 nitrogen and oxygen atoms in total. The summed E-state index contributed by atoms with van der Waals surface area (Å²) in [4.78, 5) is 29.4. The van der Waals surface area contributed by atoms with Crippen LogP contribution in [0.1, 0.15) is 55.2 Å². The Morgan fingerprint density at radius 2 is 1.46 bits per heavy atom. The smallest absolute Gasteiger partial charge is 0.243 e. The lowest BCUT2D eigenvalue weighted by atomic mass is 10.0. The number of benzene rings is 3. The van der Waals surface area contributed by atoms with Crippen LogP contribution in [0, 0.1) is 6.92 Å². The molecule has 1 aliphatic rings. The zero-order valence-corrected chi connectivity index (χ0v) is 24.9. The molecule has 8 heteroatoms. The number of hydrogen-bond acceptors (Lipinski definition) is 4. The number of carbonyl (C=O) groups excluding carboxylic acids is 2. The number of aryl methyl sites for hydroxylation is 1. The highest BCUT2D eigenvalue weighted by Gasteiger charge is 2.32. The first kappa shape index (κ1) is 30.3. The number of nitrogens with zero attached hydrogens (tertiary/aromatic N) is 2. The molecule has 1 aliphatic carbocycles. The van der Waals surface area contributed by atoms with Crippen molar-refractivity contribution < 1.29 is 18.0 Å². The molecule has 1 fully saturated rings. The number of amides is 2. The minimum atomic E-state index is -3.54. The summed E-state index contributed by atoms with van der Waals surface area (Å²) in [5.41, 5.74) is 3.52. The molecule has 0 aromatic heterocycles. The predicted molar refractivity (Wildman–Crippen MR) is 164 cm³/mol. The molecule has 1 saturated carbocycles. The van der Waals surface area contributed by atoms with E-state index in [-0.39, 0.29) is 30.8 Å². The Hall–Kier alpha value is -3.65. The van der Waals surface area contributed by atoms with E-state index in [1.165, 1.54) is 10.6 Å². The molecule has 3 aromatic carbocycles. The summed E-state index contributed by atoms with van der Waals surface area (Å²) in [6, 6.07) is 26.2. The van der Waals surface area contributed by atoms with Gasteiger partial charge in [-0.25, -0.2) is 8.42 Å². The van der Waals surface area contributed by atoms with Gasteiger partial charge in [0, 0.05) is 32.0 Å². The number of hydrogen-bond donors (Lipinski definition) is 1. The molecular weight excluding hydrogens is 534 g/mol. The van der Waals surface area contributed by atoms with Crippen LogP contribution in [-0.4, -0.2) is 50.0 Å². The van der Waals surface area contributed by atoms with E-state index in [1.807, 2.05) is 79.7 Å². The van der Waals surface area contributed by atoms with E-state index in [0.717, 1.165) is 42.4 Å². The van der Waals surface area contributed by atoms with Gasteiger partial charge in [-0.3, -0.25) is 13.9 Å². The van der Waals surface area contributed by atoms with Crippen LogP contribution in [0.5, 0.6) is 0 Å². The summed E-state index contributed by atoms with van der Waals surface area (Å²) in [5.74, 6) is -0.309. The normalized spacial score (nSPS) is 14.4. The van der Waals surface area contributed by atoms with Crippen molar-refractivity contribution in [2.75, 3.05) is 17.1 Å². The lowest BCUT2D eigenvalue weighted by Crippen LogP contribution is -2.52. The Labute approximate surface area is 244 Å². The molecule has 0 aliphatic heterocycles. The molecule has 3 aromatic rings. The highest BCUT2D eigenvalue weighted by atomic mass is 32.2. The SMILES string of the molecule is Cc1ccc(N(CCCC(=O)N(Cc2ccccc2)[C@H](Cc2ccccc2)C(=O)NC2CCCC2)S(C)(=O)=O)cc1. The van der Waals surface area contributed by atoms with Crippen LogP contribution in [0.3, 0.4) is 0 Å². The lowest BCUT2D eigenvalue weighted by molar-refractivity contribution is -0.141. The summed E-state index contributed by atoms with van der Waals surface area (Å²) in [7, 11) is -3.54. The summed E-state index contributed by atoms with van der Waals surface area (Å²) in [6.07, 6.45) is 6.13. The fraction of sp³-hybridized carbons (Fsp3) is 0.394. The molecule has 0 bridgehead atoms. The molecule has 41 heavy (non-hydrogen) atoms. The maximum atomic E-state index is 13.9. The monoisotopic (exact) mass is 575 g/mol. The first-order valence-electron chi connectivity index (χ1n) is 14.4. The first-order valence-corrected chi connectivity index (χ1v) is 16.3. The molecule has 0 unspecified atom stereocenters.